The van der Waals surface area contributed by atoms with E-state index >= 15 is 0 Å². The van der Waals surface area contributed by atoms with Crippen molar-refractivity contribution in [1.29, 1.82) is 0 Å². The van der Waals surface area contributed by atoms with Gasteiger partial charge in [-0.25, -0.2) is 4.79 Å². The highest BCUT2D eigenvalue weighted by atomic mass is 35.5. The van der Waals surface area contributed by atoms with Gasteiger partial charge in [-0.15, -0.1) is 0 Å². The maximum atomic E-state index is 13.9. The number of carbonyl (C=O) groups excluding carboxylic acids is 2. The molecule has 1 atom stereocenters. The molecule has 34 heavy (non-hydrogen) atoms. The summed E-state index contributed by atoms with van der Waals surface area (Å²) in [5.41, 5.74) is 1.25. The molecular formula is C27H26ClN3O3. The van der Waals surface area contributed by atoms with Gasteiger partial charge in [-0.2, -0.15) is 0 Å². The summed E-state index contributed by atoms with van der Waals surface area (Å²) in [7, 11) is 0. The van der Waals surface area contributed by atoms with Crippen molar-refractivity contribution in [2.24, 2.45) is 0 Å². The lowest BCUT2D eigenvalue weighted by Gasteiger charge is -2.34. The molecule has 0 unspecified atom stereocenters. The maximum absolute atomic E-state index is 13.9. The van der Waals surface area contributed by atoms with Crippen molar-refractivity contribution >= 4 is 23.5 Å². The smallest absolute Gasteiger partial charge is 0.325 e. The molecule has 6 nitrogen and oxygen atoms in total. The second-order valence-corrected chi connectivity index (χ2v) is 9.05. The number of hydrogen-bond acceptors (Lipinski definition) is 4. The highest BCUT2D eigenvalue weighted by molar-refractivity contribution is 6.31. The minimum Gasteiger partial charge on any atom is -0.374 e. The lowest BCUT2D eigenvalue weighted by atomic mass is 9.82. The van der Waals surface area contributed by atoms with Gasteiger partial charge in [0.1, 0.15) is 0 Å². The van der Waals surface area contributed by atoms with Gasteiger partial charge in [0.05, 0.1) is 19.3 Å². The second kappa shape index (κ2) is 9.58. The number of ether oxygens (including phenoxy) is 1. The lowest BCUT2D eigenvalue weighted by Crippen LogP contribution is -2.49. The van der Waals surface area contributed by atoms with E-state index in [0.29, 0.717) is 19.7 Å². The molecule has 1 N–H and O–H groups in total. The molecule has 2 heterocycles. The van der Waals surface area contributed by atoms with Gasteiger partial charge >= 0.3 is 6.03 Å². The van der Waals surface area contributed by atoms with E-state index in [4.69, 9.17) is 16.3 Å². The largest absolute Gasteiger partial charge is 0.374 e. The first-order chi connectivity index (χ1) is 16.6. The third kappa shape index (κ3) is 4.20. The van der Waals surface area contributed by atoms with Crippen LogP contribution in [0.25, 0.3) is 0 Å². The molecule has 174 valence electrons. The van der Waals surface area contributed by atoms with E-state index in [1.165, 1.54) is 4.90 Å². The third-order valence-electron chi connectivity index (χ3n) is 6.48. The second-order valence-electron chi connectivity index (χ2n) is 8.65. The molecule has 3 aromatic rings. The van der Waals surface area contributed by atoms with Gasteiger partial charge in [0.15, 0.2) is 5.54 Å². The number of hydrogen-bond donors (Lipinski definition) is 1. The SMILES string of the molecule is O=C1NC(c2ccccc2)(c2ccccc2)C(=O)N1C[C@H]1CN(Cc2ccccc2Cl)CCO1. The highest BCUT2D eigenvalue weighted by Crippen LogP contribution is 2.36. The summed E-state index contributed by atoms with van der Waals surface area (Å²) in [6.07, 6.45) is -0.284. The molecule has 0 spiro atoms. The number of morpholine rings is 1. The molecule has 3 aromatic carbocycles. The van der Waals surface area contributed by atoms with Gasteiger partial charge in [-0.3, -0.25) is 14.6 Å². The molecule has 5 rings (SSSR count). The molecule has 0 bridgehead atoms. The Morgan fingerprint density at radius 1 is 0.912 bits per heavy atom. The first-order valence-electron chi connectivity index (χ1n) is 11.4. The molecule has 2 aliphatic rings. The van der Waals surface area contributed by atoms with Crippen molar-refractivity contribution in [1.82, 2.24) is 15.1 Å². The predicted molar refractivity (Wildman–Crippen MR) is 130 cm³/mol. The zero-order valence-electron chi connectivity index (χ0n) is 18.7. The zero-order chi connectivity index (χ0) is 23.5. The normalized spacial score (nSPS) is 20.4. The fourth-order valence-electron chi connectivity index (χ4n) is 4.78. The van der Waals surface area contributed by atoms with Crippen molar-refractivity contribution in [2.75, 3.05) is 26.2 Å². The molecule has 2 saturated heterocycles. The number of rotatable bonds is 6. The monoisotopic (exact) mass is 475 g/mol. The van der Waals surface area contributed by atoms with Crippen LogP contribution in [0.1, 0.15) is 16.7 Å². The van der Waals surface area contributed by atoms with Gasteiger partial charge in [0, 0.05) is 24.7 Å². The summed E-state index contributed by atoms with van der Waals surface area (Å²) in [6, 6.07) is 26.1. The van der Waals surface area contributed by atoms with Crippen molar-refractivity contribution < 1.29 is 14.3 Å². The van der Waals surface area contributed by atoms with Crippen molar-refractivity contribution in [3.63, 3.8) is 0 Å². The molecule has 0 saturated carbocycles. The number of benzene rings is 3. The van der Waals surface area contributed by atoms with E-state index in [-0.39, 0.29) is 18.6 Å². The molecule has 0 aromatic heterocycles. The van der Waals surface area contributed by atoms with Gasteiger partial charge in [0.2, 0.25) is 0 Å². The predicted octanol–water partition coefficient (Wildman–Crippen LogP) is 4.04. The molecule has 0 radical (unpaired) electrons. The van der Waals surface area contributed by atoms with Crippen LogP contribution in [0.5, 0.6) is 0 Å². The van der Waals surface area contributed by atoms with Crippen LogP contribution in [0.15, 0.2) is 84.9 Å². The number of imide groups is 1. The van der Waals surface area contributed by atoms with Gasteiger partial charge in [0.25, 0.3) is 5.91 Å². The Hall–Kier alpha value is -3.19. The van der Waals surface area contributed by atoms with E-state index in [2.05, 4.69) is 10.2 Å². The Balaban J connectivity index is 1.37. The number of nitrogens with one attached hydrogen (secondary N) is 1. The standard InChI is InChI=1S/C27H26ClN3O3/c28-24-14-8-7-9-20(24)17-30-15-16-34-23(18-30)19-31-25(32)27(29-26(31)33,21-10-3-1-4-11-21)22-12-5-2-6-13-22/h1-14,23H,15-19H2,(H,29,33)/t23-/m1/s1. The number of halogens is 1. The van der Waals surface area contributed by atoms with Crippen LogP contribution in [0.2, 0.25) is 5.02 Å². The van der Waals surface area contributed by atoms with Crippen LogP contribution in [-0.2, 0) is 21.6 Å². The van der Waals surface area contributed by atoms with Gasteiger partial charge < -0.3 is 10.1 Å². The third-order valence-corrected chi connectivity index (χ3v) is 6.85. The summed E-state index contributed by atoms with van der Waals surface area (Å²) in [5, 5.41) is 3.73. The van der Waals surface area contributed by atoms with Crippen molar-refractivity contribution in [2.45, 2.75) is 18.2 Å². The van der Waals surface area contributed by atoms with E-state index < -0.39 is 11.6 Å². The van der Waals surface area contributed by atoms with E-state index in [1.807, 2.05) is 84.9 Å². The van der Waals surface area contributed by atoms with Gasteiger partial charge in [-0.05, 0) is 22.8 Å². The molecule has 2 aliphatic heterocycles. The topological polar surface area (TPSA) is 61.9 Å². The highest BCUT2D eigenvalue weighted by Gasteiger charge is 2.54. The average molecular weight is 476 g/mol. The molecule has 3 amide bonds. The average Bonchev–Trinajstić information content (AvgIpc) is 3.12. The number of carbonyl (C=O) groups is 2. The first kappa shape index (κ1) is 22.6. The Morgan fingerprint density at radius 2 is 1.53 bits per heavy atom. The lowest BCUT2D eigenvalue weighted by molar-refractivity contribution is -0.132. The number of amides is 3. The summed E-state index contributed by atoms with van der Waals surface area (Å²) in [6.45, 7) is 2.77. The van der Waals surface area contributed by atoms with Crippen LogP contribution in [-0.4, -0.2) is 54.1 Å². The fraction of sp³-hybridized carbons (Fsp3) is 0.259. The van der Waals surface area contributed by atoms with E-state index in [1.54, 1.807) is 0 Å². The van der Waals surface area contributed by atoms with Crippen LogP contribution in [0.3, 0.4) is 0 Å². The Kier molecular flexibility index (Phi) is 6.37. The number of nitrogens with zero attached hydrogens (tertiary/aromatic N) is 2. The first-order valence-corrected chi connectivity index (χ1v) is 11.8. The summed E-state index contributed by atoms with van der Waals surface area (Å²) >= 11 is 6.34. The van der Waals surface area contributed by atoms with Gasteiger partial charge in [-0.1, -0.05) is 90.5 Å². The van der Waals surface area contributed by atoms with Crippen LogP contribution in [0, 0.1) is 0 Å². The Morgan fingerprint density at radius 3 is 2.18 bits per heavy atom. The minimum absolute atomic E-state index is 0.186. The summed E-state index contributed by atoms with van der Waals surface area (Å²) in [4.78, 5) is 30.6. The van der Waals surface area contributed by atoms with E-state index in [9.17, 15) is 9.59 Å². The maximum Gasteiger partial charge on any atom is 0.325 e. The summed E-state index contributed by atoms with van der Waals surface area (Å²) < 4.78 is 5.97. The Bertz CT molecular complexity index is 1130. The quantitative estimate of drug-likeness (QED) is 0.547. The molecule has 7 heteroatoms. The van der Waals surface area contributed by atoms with Crippen LogP contribution in [0.4, 0.5) is 4.79 Å². The van der Waals surface area contributed by atoms with Crippen molar-refractivity contribution in [3.8, 4) is 0 Å². The zero-order valence-corrected chi connectivity index (χ0v) is 19.4. The van der Waals surface area contributed by atoms with Crippen LogP contribution >= 0.6 is 11.6 Å². The summed E-state index contributed by atoms with van der Waals surface area (Å²) in [5.74, 6) is -0.290. The fourth-order valence-corrected chi connectivity index (χ4v) is 4.98. The molecular weight excluding hydrogens is 450 g/mol. The number of urea groups is 1. The Labute approximate surface area is 204 Å². The minimum atomic E-state index is -1.26. The van der Waals surface area contributed by atoms with Crippen LogP contribution < -0.4 is 5.32 Å². The molecule has 2 fully saturated rings. The molecule has 0 aliphatic carbocycles. The van der Waals surface area contributed by atoms with E-state index in [0.717, 1.165) is 28.3 Å². The van der Waals surface area contributed by atoms with Crippen molar-refractivity contribution in [3.05, 3.63) is 107 Å².